The van der Waals surface area contributed by atoms with Gasteiger partial charge < -0.3 is 11.1 Å². The maximum Gasteiger partial charge on any atom is 0.234 e. The molecule has 0 spiro atoms. The molecule has 0 saturated heterocycles. The first-order chi connectivity index (χ1) is 18.4. The number of nitrogens with two attached hydrogens (primary N) is 1. The number of nitrogens with zero attached hydrogens (tertiary/aromatic N) is 4. The number of carbonyl (C=O) groups excluding carboxylic acids is 2. The lowest BCUT2D eigenvalue weighted by molar-refractivity contribution is -0.116. The molecule has 3 aromatic rings. The largest absolute Gasteiger partial charge is 0.384 e. The summed E-state index contributed by atoms with van der Waals surface area (Å²) in [5, 5.41) is 22.1. The molecule has 3 N–H and O–H groups in total. The van der Waals surface area contributed by atoms with E-state index in [-0.39, 0.29) is 23.3 Å². The summed E-state index contributed by atoms with van der Waals surface area (Å²) in [5.41, 5.74) is 10.9. The Bertz CT molecular complexity index is 1520. The molecule has 1 aromatic heterocycles. The van der Waals surface area contributed by atoms with Crippen LogP contribution in [0.3, 0.4) is 0 Å². The number of carbonyl (C=O) groups is 2. The Balaban J connectivity index is 1.42. The summed E-state index contributed by atoms with van der Waals surface area (Å²) in [6, 6.07) is 17.4. The molecular weight excluding hydrogens is 584 g/mol. The Morgan fingerprint density at radius 1 is 1.24 bits per heavy atom. The van der Waals surface area contributed by atoms with Crippen LogP contribution in [0.2, 0.25) is 0 Å². The van der Waals surface area contributed by atoms with E-state index in [1.807, 2.05) is 55.5 Å². The quantitative estimate of drug-likeness (QED) is 0.345. The van der Waals surface area contributed by atoms with Crippen molar-refractivity contribution in [1.82, 2.24) is 10.2 Å². The predicted molar refractivity (Wildman–Crippen MR) is 153 cm³/mol. The Labute approximate surface area is 236 Å². The number of aromatic nitrogens is 2. The van der Waals surface area contributed by atoms with Gasteiger partial charge in [-0.2, -0.15) is 5.26 Å². The van der Waals surface area contributed by atoms with Crippen LogP contribution in [0.25, 0.3) is 0 Å². The molecule has 0 fully saturated rings. The molecule has 0 bridgehead atoms. The summed E-state index contributed by atoms with van der Waals surface area (Å²) in [4.78, 5) is 27.4. The van der Waals surface area contributed by atoms with E-state index in [1.54, 1.807) is 4.90 Å². The highest BCUT2D eigenvalue weighted by molar-refractivity contribution is 9.10. The van der Waals surface area contributed by atoms with E-state index in [2.05, 4.69) is 37.5 Å². The van der Waals surface area contributed by atoms with Gasteiger partial charge in [-0.1, -0.05) is 63.3 Å². The summed E-state index contributed by atoms with van der Waals surface area (Å²) in [6.07, 6.45) is 1.76. The van der Waals surface area contributed by atoms with Gasteiger partial charge in [0.15, 0.2) is 10.1 Å². The van der Waals surface area contributed by atoms with E-state index in [0.29, 0.717) is 45.6 Å². The van der Waals surface area contributed by atoms with Gasteiger partial charge in [-0.05, 0) is 55.2 Å². The molecular formula is C27H23BrN6O2S2. The Hall–Kier alpha value is -3.46. The number of nitrogens with one attached hydrogen (secondary N) is 1. The van der Waals surface area contributed by atoms with Crippen molar-refractivity contribution in [3.63, 3.8) is 0 Å². The molecule has 0 saturated carbocycles. The molecule has 1 aliphatic heterocycles. The van der Waals surface area contributed by atoms with Crippen LogP contribution in [0, 0.1) is 18.3 Å². The number of benzene rings is 2. The fourth-order valence-electron chi connectivity index (χ4n) is 4.74. The van der Waals surface area contributed by atoms with E-state index >= 15 is 0 Å². The molecule has 11 heteroatoms. The van der Waals surface area contributed by atoms with E-state index in [4.69, 9.17) is 5.73 Å². The number of thioether (sulfide) groups is 1. The second-order valence-electron chi connectivity index (χ2n) is 8.87. The van der Waals surface area contributed by atoms with Gasteiger partial charge >= 0.3 is 0 Å². The summed E-state index contributed by atoms with van der Waals surface area (Å²) in [6.45, 7) is 1.97. The van der Waals surface area contributed by atoms with E-state index < -0.39 is 5.92 Å². The number of nitriles is 1. The monoisotopic (exact) mass is 606 g/mol. The van der Waals surface area contributed by atoms with Crippen molar-refractivity contribution in [1.29, 1.82) is 5.26 Å². The molecule has 38 heavy (non-hydrogen) atoms. The lowest BCUT2D eigenvalue weighted by Gasteiger charge is -2.38. The van der Waals surface area contributed by atoms with Crippen LogP contribution in [0.5, 0.6) is 0 Å². The number of hydrogen-bond donors (Lipinski definition) is 2. The minimum absolute atomic E-state index is 0.0217. The zero-order valence-electron chi connectivity index (χ0n) is 20.4. The van der Waals surface area contributed by atoms with Gasteiger partial charge in [0, 0.05) is 27.9 Å². The van der Waals surface area contributed by atoms with Crippen LogP contribution in [0.1, 0.15) is 36.3 Å². The lowest BCUT2D eigenvalue weighted by atomic mass is 9.75. The molecule has 2 aliphatic rings. The number of halogens is 1. The zero-order chi connectivity index (χ0) is 26.8. The number of rotatable bonds is 6. The summed E-state index contributed by atoms with van der Waals surface area (Å²) in [7, 11) is 0. The Kier molecular flexibility index (Phi) is 7.65. The van der Waals surface area contributed by atoms with Gasteiger partial charge in [0.05, 0.1) is 23.3 Å². The number of amides is 1. The zero-order valence-corrected chi connectivity index (χ0v) is 23.6. The molecule has 5 rings (SSSR count). The van der Waals surface area contributed by atoms with E-state index in [1.165, 1.54) is 23.1 Å². The highest BCUT2D eigenvalue weighted by atomic mass is 79.9. The average molecular weight is 608 g/mol. The van der Waals surface area contributed by atoms with Crippen LogP contribution in [0.4, 0.5) is 10.8 Å². The van der Waals surface area contributed by atoms with Crippen molar-refractivity contribution < 1.29 is 9.59 Å². The van der Waals surface area contributed by atoms with E-state index in [0.717, 1.165) is 21.3 Å². The number of hydrogen-bond acceptors (Lipinski definition) is 9. The molecule has 1 amide bonds. The molecule has 2 aromatic carbocycles. The Morgan fingerprint density at radius 2 is 2.00 bits per heavy atom. The predicted octanol–water partition coefficient (Wildman–Crippen LogP) is 5.64. The SMILES string of the molecule is Cc1ccccc1C1C(C#N)=C(N)N(c2nnc(SCC(=O)Nc3ccc(Br)cc3)s2)C2=C1C(=O)CCC2. The van der Waals surface area contributed by atoms with Crippen LogP contribution in [-0.4, -0.2) is 27.6 Å². The molecule has 192 valence electrons. The first-order valence-corrected chi connectivity index (χ1v) is 14.5. The smallest absolute Gasteiger partial charge is 0.234 e. The van der Waals surface area contributed by atoms with Crippen LogP contribution in [0.15, 0.2) is 80.0 Å². The topological polar surface area (TPSA) is 125 Å². The molecule has 1 atom stereocenters. The van der Waals surface area contributed by atoms with Crippen molar-refractivity contribution in [3.8, 4) is 6.07 Å². The van der Waals surface area contributed by atoms with Gasteiger partial charge in [0.1, 0.15) is 5.82 Å². The third-order valence-electron chi connectivity index (χ3n) is 6.45. The minimum atomic E-state index is -0.510. The van der Waals surface area contributed by atoms with Gasteiger partial charge in [-0.25, -0.2) is 0 Å². The molecule has 1 aliphatic carbocycles. The number of aryl methyl sites for hydroxylation is 1. The maximum absolute atomic E-state index is 13.3. The summed E-state index contributed by atoms with van der Waals surface area (Å²) in [5.74, 6) is -0.240. The van der Waals surface area contributed by atoms with Gasteiger partial charge in [0.25, 0.3) is 0 Å². The second-order valence-corrected chi connectivity index (χ2v) is 12.0. The number of ketones is 1. The molecule has 8 nitrogen and oxygen atoms in total. The summed E-state index contributed by atoms with van der Waals surface area (Å²) >= 11 is 5.92. The van der Waals surface area contributed by atoms with Crippen molar-refractivity contribution >= 4 is 61.5 Å². The number of allylic oxidation sites excluding steroid dienone is 3. The summed E-state index contributed by atoms with van der Waals surface area (Å²) < 4.78 is 1.52. The average Bonchev–Trinajstić information content (AvgIpc) is 3.37. The van der Waals surface area contributed by atoms with Crippen molar-refractivity contribution in [2.75, 3.05) is 16.0 Å². The molecule has 0 radical (unpaired) electrons. The fraction of sp³-hybridized carbons (Fsp3) is 0.222. The third-order valence-corrected chi connectivity index (χ3v) is 9.02. The van der Waals surface area contributed by atoms with Crippen LogP contribution < -0.4 is 16.0 Å². The van der Waals surface area contributed by atoms with Crippen molar-refractivity contribution in [2.45, 2.75) is 36.4 Å². The number of Topliss-reactive ketones (excluding diaryl/α,β-unsaturated/α-hetero) is 1. The minimum Gasteiger partial charge on any atom is -0.384 e. The van der Waals surface area contributed by atoms with Crippen molar-refractivity contribution in [2.24, 2.45) is 5.73 Å². The number of anilines is 2. The highest BCUT2D eigenvalue weighted by Gasteiger charge is 2.41. The first-order valence-electron chi connectivity index (χ1n) is 11.9. The first kappa shape index (κ1) is 26.2. The standard InChI is InChI=1S/C27H23BrN6O2S2/c1-15-5-2-3-6-18(15)23-19(13-29)25(30)34(20-7-4-8-21(35)24(20)23)26-32-33-27(38-26)37-14-22(36)31-17-11-9-16(28)10-12-17/h2-3,5-6,9-12,23H,4,7-8,14,30H2,1H3,(H,31,36). The molecule has 2 heterocycles. The Morgan fingerprint density at radius 3 is 2.74 bits per heavy atom. The van der Waals surface area contributed by atoms with Crippen molar-refractivity contribution in [3.05, 3.63) is 86.8 Å². The van der Waals surface area contributed by atoms with Gasteiger partial charge in [0.2, 0.25) is 11.0 Å². The van der Waals surface area contributed by atoms with Gasteiger partial charge in [-0.3, -0.25) is 14.5 Å². The molecule has 1 unspecified atom stereocenters. The maximum atomic E-state index is 13.3. The second kappa shape index (κ2) is 11.1. The highest BCUT2D eigenvalue weighted by Crippen LogP contribution is 2.47. The van der Waals surface area contributed by atoms with Crippen LogP contribution >= 0.6 is 39.0 Å². The normalized spacial score (nSPS) is 17.3. The lowest BCUT2D eigenvalue weighted by Crippen LogP contribution is -2.38. The fourth-order valence-corrected chi connectivity index (χ4v) is 6.68. The van der Waals surface area contributed by atoms with Crippen LogP contribution in [-0.2, 0) is 9.59 Å². The third kappa shape index (κ3) is 5.12. The van der Waals surface area contributed by atoms with E-state index in [9.17, 15) is 14.9 Å². The van der Waals surface area contributed by atoms with Gasteiger partial charge in [-0.15, -0.1) is 10.2 Å².